The first-order chi connectivity index (χ1) is 13.0. The number of hydrogen-bond donors (Lipinski definition) is 1. The fourth-order valence-corrected chi connectivity index (χ4v) is 3.94. The number of carbonyl (C=O) groups is 2. The number of allylic oxidation sites excluding steroid dienone is 3. The van der Waals surface area contributed by atoms with E-state index in [2.05, 4.69) is 5.32 Å². The second kappa shape index (κ2) is 7.86. The van der Waals surface area contributed by atoms with E-state index >= 15 is 0 Å². The third-order valence-electron chi connectivity index (χ3n) is 5.10. The van der Waals surface area contributed by atoms with Gasteiger partial charge in [-0.1, -0.05) is 6.08 Å². The monoisotopic (exact) mass is 371 g/mol. The van der Waals surface area contributed by atoms with Crippen LogP contribution in [0.4, 0.5) is 0 Å². The molecule has 0 heterocycles. The van der Waals surface area contributed by atoms with Gasteiger partial charge in [-0.2, -0.15) is 0 Å². The van der Waals surface area contributed by atoms with Crippen LogP contribution in [0.25, 0.3) is 5.57 Å². The van der Waals surface area contributed by atoms with E-state index in [9.17, 15) is 9.59 Å². The molecule has 0 unspecified atom stereocenters. The molecule has 0 saturated carbocycles. The van der Waals surface area contributed by atoms with Crippen molar-refractivity contribution in [1.82, 2.24) is 5.32 Å². The van der Waals surface area contributed by atoms with Crippen LogP contribution in [-0.4, -0.2) is 39.1 Å². The quantitative estimate of drug-likeness (QED) is 0.881. The molecular formula is C21H25NO5. The molecule has 1 aromatic carbocycles. The average Bonchev–Trinajstić information content (AvgIpc) is 2.92. The lowest BCUT2D eigenvalue weighted by Crippen LogP contribution is -2.35. The van der Waals surface area contributed by atoms with E-state index in [-0.39, 0.29) is 17.7 Å². The third-order valence-corrected chi connectivity index (χ3v) is 5.10. The number of aryl methyl sites for hydroxylation is 1. The Bertz CT molecular complexity index is 837. The molecule has 1 amide bonds. The zero-order chi connectivity index (χ0) is 19.6. The van der Waals surface area contributed by atoms with Gasteiger partial charge in [0, 0.05) is 18.9 Å². The van der Waals surface area contributed by atoms with Crippen LogP contribution in [0.15, 0.2) is 23.8 Å². The van der Waals surface area contributed by atoms with Gasteiger partial charge in [0.05, 0.1) is 27.4 Å². The number of methoxy groups -OCH3 is 3. The number of ketones is 1. The molecule has 144 valence electrons. The summed E-state index contributed by atoms with van der Waals surface area (Å²) < 4.78 is 16.8. The topological polar surface area (TPSA) is 73.9 Å². The Kier molecular flexibility index (Phi) is 5.54. The SMILES string of the molecule is COc1cc2c(c(OC)c1OC)C1=C(CCC(=O)C=C1)[C@@H](NC(C)=O)CC2. The van der Waals surface area contributed by atoms with Gasteiger partial charge in [0.2, 0.25) is 11.7 Å². The summed E-state index contributed by atoms with van der Waals surface area (Å²) in [6, 6.07) is 1.83. The molecule has 2 aliphatic carbocycles. The number of nitrogens with one attached hydrogen (secondary N) is 1. The van der Waals surface area contributed by atoms with Crippen molar-refractivity contribution in [3.05, 3.63) is 34.9 Å². The van der Waals surface area contributed by atoms with Gasteiger partial charge in [-0.05, 0) is 48.1 Å². The molecule has 1 aromatic rings. The number of ether oxygens (including phenoxy) is 3. The molecule has 2 aliphatic rings. The summed E-state index contributed by atoms with van der Waals surface area (Å²) >= 11 is 0. The van der Waals surface area contributed by atoms with Gasteiger partial charge in [0.1, 0.15) is 0 Å². The second-order valence-corrected chi connectivity index (χ2v) is 6.71. The van der Waals surface area contributed by atoms with E-state index in [4.69, 9.17) is 14.2 Å². The second-order valence-electron chi connectivity index (χ2n) is 6.71. The Hall–Kier alpha value is -2.76. The third kappa shape index (κ3) is 3.56. The summed E-state index contributed by atoms with van der Waals surface area (Å²) in [7, 11) is 4.76. The first kappa shape index (κ1) is 19.0. The number of carbonyl (C=O) groups excluding carboxylic acids is 2. The van der Waals surface area contributed by atoms with Gasteiger partial charge >= 0.3 is 0 Å². The van der Waals surface area contributed by atoms with Crippen molar-refractivity contribution in [3.8, 4) is 17.2 Å². The molecule has 0 aromatic heterocycles. The Morgan fingerprint density at radius 1 is 1.04 bits per heavy atom. The number of benzene rings is 1. The normalized spacial score (nSPS) is 18.8. The Labute approximate surface area is 159 Å². The van der Waals surface area contributed by atoms with Gasteiger partial charge in [0.25, 0.3) is 0 Å². The minimum atomic E-state index is -0.123. The van der Waals surface area contributed by atoms with Crippen molar-refractivity contribution in [2.75, 3.05) is 21.3 Å². The zero-order valence-electron chi connectivity index (χ0n) is 16.2. The lowest BCUT2D eigenvalue weighted by molar-refractivity contribution is -0.119. The number of fused-ring (bicyclic) bond motifs is 2. The summed E-state index contributed by atoms with van der Waals surface area (Å²) in [6.45, 7) is 1.52. The maximum Gasteiger partial charge on any atom is 0.217 e. The highest BCUT2D eigenvalue weighted by molar-refractivity contribution is 5.97. The molecule has 0 fully saturated rings. The van der Waals surface area contributed by atoms with Crippen LogP contribution in [-0.2, 0) is 16.0 Å². The van der Waals surface area contributed by atoms with Crippen molar-refractivity contribution in [1.29, 1.82) is 0 Å². The summed E-state index contributed by atoms with van der Waals surface area (Å²) in [4.78, 5) is 23.8. The molecule has 0 saturated heterocycles. The minimum Gasteiger partial charge on any atom is -0.493 e. The number of amides is 1. The van der Waals surface area contributed by atoms with Crippen molar-refractivity contribution < 1.29 is 23.8 Å². The van der Waals surface area contributed by atoms with Crippen molar-refractivity contribution in [3.63, 3.8) is 0 Å². The largest absolute Gasteiger partial charge is 0.493 e. The molecule has 0 spiro atoms. The highest BCUT2D eigenvalue weighted by Crippen LogP contribution is 2.48. The maximum absolute atomic E-state index is 12.1. The fourth-order valence-electron chi connectivity index (χ4n) is 3.94. The summed E-state index contributed by atoms with van der Waals surface area (Å²) in [6.07, 6.45) is 5.97. The Balaban J connectivity index is 2.29. The Morgan fingerprint density at radius 2 is 1.78 bits per heavy atom. The van der Waals surface area contributed by atoms with Gasteiger partial charge in [-0.15, -0.1) is 0 Å². The predicted molar refractivity (Wildman–Crippen MR) is 102 cm³/mol. The lowest BCUT2D eigenvalue weighted by Gasteiger charge is -2.22. The first-order valence-corrected chi connectivity index (χ1v) is 9.03. The van der Waals surface area contributed by atoms with Crippen LogP contribution in [0.2, 0.25) is 0 Å². The van der Waals surface area contributed by atoms with E-state index in [1.807, 2.05) is 12.1 Å². The summed E-state index contributed by atoms with van der Waals surface area (Å²) in [5.41, 5.74) is 3.93. The number of rotatable bonds is 4. The van der Waals surface area contributed by atoms with Crippen LogP contribution < -0.4 is 19.5 Å². The van der Waals surface area contributed by atoms with E-state index in [1.54, 1.807) is 27.4 Å². The summed E-state index contributed by atoms with van der Waals surface area (Å²) in [5.74, 6) is 1.70. The smallest absolute Gasteiger partial charge is 0.217 e. The van der Waals surface area contributed by atoms with Crippen molar-refractivity contribution >= 4 is 17.3 Å². The molecule has 1 N–H and O–H groups in total. The molecule has 27 heavy (non-hydrogen) atoms. The number of hydrogen-bond acceptors (Lipinski definition) is 5. The molecule has 6 nitrogen and oxygen atoms in total. The predicted octanol–water partition coefficient (Wildman–Crippen LogP) is 2.84. The molecule has 0 bridgehead atoms. The molecule has 0 aliphatic heterocycles. The first-order valence-electron chi connectivity index (χ1n) is 9.03. The standard InChI is InChI=1S/C21H25NO5/c1-12(23)22-17-10-5-13-11-18(25-2)20(26-3)21(27-4)19(13)16-9-7-14(24)6-8-15(16)17/h7,9,11,17H,5-6,8,10H2,1-4H3,(H,22,23)/t17-/m0/s1. The molecular weight excluding hydrogens is 346 g/mol. The van der Waals surface area contributed by atoms with Gasteiger partial charge in [-0.25, -0.2) is 0 Å². The van der Waals surface area contributed by atoms with Crippen LogP contribution in [0, 0.1) is 0 Å². The zero-order valence-corrected chi connectivity index (χ0v) is 16.2. The van der Waals surface area contributed by atoms with E-state index < -0.39 is 0 Å². The summed E-state index contributed by atoms with van der Waals surface area (Å²) in [5, 5.41) is 3.05. The van der Waals surface area contributed by atoms with Gasteiger partial charge in [0.15, 0.2) is 17.3 Å². The minimum absolute atomic E-state index is 0.0747. The van der Waals surface area contributed by atoms with E-state index in [0.717, 1.165) is 35.1 Å². The van der Waals surface area contributed by atoms with Crippen molar-refractivity contribution in [2.24, 2.45) is 0 Å². The highest BCUT2D eigenvalue weighted by Gasteiger charge is 2.31. The Morgan fingerprint density at radius 3 is 2.41 bits per heavy atom. The molecule has 6 heteroatoms. The van der Waals surface area contributed by atoms with E-state index in [1.165, 1.54) is 6.92 Å². The van der Waals surface area contributed by atoms with Crippen molar-refractivity contribution in [2.45, 2.75) is 38.6 Å². The van der Waals surface area contributed by atoms with Crippen LogP contribution in [0.5, 0.6) is 17.2 Å². The highest BCUT2D eigenvalue weighted by atomic mass is 16.5. The van der Waals surface area contributed by atoms with Crippen LogP contribution in [0.1, 0.15) is 37.3 Å². The van der Waals surface area contributed by atoms with Crippen LogP contribution >= 0.6 is 0 Å². The fraction of sp³-hybridized carbons (Fsp3) is 0.429. The van der Waals surface area contributed by atoms with Gasteiger partial charge in [-0.3, -0.25) is 9.59 Å². The molecule has 3 rings (SSSR count). The lowest BCUT2D eigenvalue weighted by atomic mass is 9.92. The average molecular weight is 371 g/mol. The van der Waals surface area contributed by atoms with Crippen LogP contribution in [0.3, 0.4) is 0 Å². The van der Waals surface area contributed by atoms with E-state index in [0.29, 0.717) is 30.1 Å². The molecule has 0 radical (unpaired) electrons. The maximum atomic E-state index is 12.1. The van der Waals surface area contributed by atoms with Gasteiger partial charge < -0.3 is 19.5 Å². The molecule has 1 atom stereocenters.